The average Bonchev–Trinajstić information content (AvgIpc) is 3.44. The van der Waals surface area contributed by atoms with Gasteiger partial charge in [-0.2, -0.15) is 4.98 Å². The first-order valence-electron chi connectivity index (χ1n) is 9.08. The number of aryl methyl sites for hydroxylation is 3. The first-order chi connectivity index (χ1) is 13.0. The smallest absolute Gasteiger partial charge is 0.250 e. The van der Waals surface area contributed by atoms with Crippen LogP contribution in [0.5, 0.6) is 5.88 Å². The molecule has 0 bridgehead atoms. The highest BCUT2D eigenvalue weighted by Gasteiger charge is 2.40. The van der Waals surface area contributed by atoms with Gasteiger partial charge in [0.25, 0.3) is 5.56 Å². The van der Waals surface area contributed by atoms with Gasteiger partial charge in [-0.15, -0.1) is 0 Å². The Hall–Kier alpha value is -3.02. The van der Waals surface area contributed by atoms with Crippen molar-refractivity contribution >= 4 is 0 Å². The number of hydrogen-bond donors (Lipinski definition) is 0. The van der Waals surface area contributed by atoms with Crippen LogP contribution in [-0.4, -0.2) is 26.1 Å². The molecule has 0 aliphatic heterocycles. The second-order valence-electron chi connectivity index (χ2n) is 7.12. The molecule has 138 valence electrons. The normalized spacial score (nSPS) is 18.3. The standard InChI is InChI=1S/C21H22N4O2/c1-13-11-25(3)20(26)9-16(13)18-10-23-14(2)24-21(18)27-12-15-8-17(15)19-6-4-5-7-22-19/h4-7,9-11,15,17H,8,12H2,1-3H3/t15-,17+/m1/s1. The van der Waals surface area contributed by atoms with Gasteiger partial charge in [0.1, 0.15) is 5.82 Å². The van der Waals surface area contributed by atoms with Gasteiger partial charge in [0.2, 0.25) is 5.88 Å². The number of ether oxygens (including phenoxy) is 1. The molecule has 6 heteroatoms. The van der Waals surface area contributed by atoms with Gasteiger partial charge >= 0.3 is 0 Å². The summed E-state index contributed by atoms with van der Waals surface area (Å²) in [5.74, 6) is 2.06. The summed E-state index contributed by atoms with van der Waals surface area (Å²) in [6.45, 7) is 4.38. The third-order valence-corrected chi connectivity index (χ3v) is 5.02. The molecule has 0 spiro atoms. The molecule has 1 aliphatic rings. The van der Waals surface area contributed by atoms with Crippen molar-refractivity contribution in [1.29, 1.82) is 0 Å². The fourth-order valence-electron chi connectivity index (χ4n) is 3.37. The largest absolute Gasteiger partial charge is 0.477 e. The predicted molar refractivity (Wildman–Crippen MR) is 103 cm³/mol. The van der Waals surface area contributed by atoms with Crippen LogP contribution in [-0.2, 0) is 7.05 Å². The first kappa shape index (κ1) is 17.4. The third-order valence-electron chi connectivity index (χ3n) is 5.02. The van der Waals surface area contributed by atoms with Gasteiger partial charge in [0, 0.05) is 49.2 Å². The van der Waals surface area contributed by atoms with Gasteiger partial charge in [-0.1, -0.05) is 6.07 Å². The minimum absolute atomic E-state index is 0.0699. The Morgan fingerprint density at radius 2 is 2.07 bits per heavy atom. The van der Waals surface area contributed by atoms with Crippen LogP contribution in [0.25, 0.3) is 11.1 Å². The zero-order valence-corrected chi connectivity index (χ0v) is 15.7. The van der Waals surface area contributed by atoms with E-state index in [1.807, 2.05) is 38.4 Å². The highest BCUT2D eigenvalue weighted by atomic mass is 16.5. The molecule has 3 heterocycles. The maximum absolute atomic E-state index is 12.1. The van der Waals surface area contributed by atoms with Crippen LogP contribution in [0.2, 0.25) is 0 Å². The van der Waals surface area contributed by atoms with E-state index in [-0.39, 0.29) is 5.56 Å². The van der Waals surface area contributed by atoms with Gasteiger partial charge in [0.15, 0.2) is 0 Å². The number of pyridine rings is 2. The number of aromatic nitrogens is 4. The van der Waals surface area contributed by atoms with E-state index in [9.17, 15) is 4.79 Å². The fourth-order valence-corrected chi connectivity index (χ4v) is 3.37. The summed E-state index contributed by atoms with van der Waals surface area (Å²) in [6, 6.07) is 7.63. The van der Waals surface area contributed by atoms with Crippen molar-refractivity contribution in [2.45, 2.75) is 26.2 Å². The van der Waals surface area contributed by atoms with Crippen LogP contribution in [0.4, 0.5) is 0 Å². The molecule has 0 amide bonds. The molecule has 0 aromatic carbocycles. The summed E-state index contributed by atoms with van der Waals surface area (Å²) in [6.07, 6.45) is 6.46. The first-order valence-corrected chi connectivity index (χ1v) is 9.08. The van der Waals surface area contributed by atoms with Crippen molar-refractivity contribution in [1.82, 2.24) is 19.5 Å². The maximum Gasteiger partial charge on any atom is 0.250 e. The molecule has 0 saturated heterocycles. The lowest BCUT2D eigenvalue weighted by Crippen LogP contribution is -2.16. The Balaban J connectivity index is 1.56. The van der Waals surface area contributed by atoms with Crippen LogP contribution < -0.4 is 10.3 Å². The lowest BCUT2D eigenvalue weighted by Gasteiger charge is -2.13. The lowest BCUT2D eigenvalue weighted by atomic mass is 10.1. The van der Waals surface area contributed by atoms with Gasteiger partial charge in [-0.05, 0) is 43.5 Å². The van der Waals surface area contributed by atoms with Gasteiger partial charge in [-0.25, -0.2) is 4.98 Å². The summed E-state index contributed by atoms with van der Waals surface area (Å²) in [7, 11) is 1.74. The SMILES string of the molecule is Cc1ncc(-c2cc(=O)n(C)cc2C)c(OC[C@H]2C[C@@H]2c2ccccn2)n1. The van der Waals surface area contributed by atoms with E-state index in [1.54, 1.807) is 23.9 Å². The Bertz CT molecular complexity index is 1030. The summed E-state index contributed by atoms with van der Waals surface area (Å²) in [5.41, 5.74) is 3.59. The molecule has 0 N–H and O–H groups in total. The summed E-state index contributed by atoms with van der Waals surface area (Å²) < 4.78 is 7.65. The molecule has 0 radical (unpaired) electrons. The molecule has 6 nitrogen and oxygen atoms in total. The van der Waals surface area contributed by atoms with Crippen molar-refractivity contribution in [3.63, 3.8) is 0 Å². The summed E-state index contributed by atoms with van der Waals surface area (Å²) >= 11 is 0. The molecule has 27 heavy (non-hydrogen) atoms. The predicted octanol–water partition coefficient (Wildman–Crippen LogP) is 3.04. The number of hydrogen-bond acceptors (Lipinski definition) is 5. The molecular formula is C21H22N4O2. The van der Waals surface area contributed by atoms with E-state index in [4.69, 9.17) is 4.74 Å². The molecule has 4 rings (SSSR count). The maximum atomic E-state index is 12.1. The van der Waals surface area contributed by atoms with E-state index >= 15 is 0 Å². The second-order valence-corrected chi connectivity index (χ2v) is 7.12. The van der Waals surface area contributed by atoms with Crippen LogP contribution >= 0.6 is 0 Å². The van der Waals surface area contributed by atoms with E-state index in [0.717, 1.165) is 28.8 Å². The van der Waals surface area contributed by atoms with Crippen LogP contribution in [0, 0.1) is 19.8 Å². The summed E-state index contributed by atoms with van der Waals surface area (Å²) in [5, 5.41) is 0. The average molecular weight is 362 g/mol. The van der Waals surface area contributed by atoms with Crippen molar-refractivity contribution in [3.05, 3.63) is 70.3 Å². The fraction of sp³-hybridized carbons (Fsp3) is 0.333. The third kappa shape index (κ3) is 3.60. The molecule has 1 fully saturated rings. The van der Waals surface area contributed by atoms with E-state index < -0.39 is 0 Å². The van der Waals surface area contributed by atoms with Crippen molar-refractivity contribution in [2.75, 3.05) is 6.61 Å². The molecule has 2 atom stereocenters. The molecule has 0 unspecified atom stereocenters. The number of rotatable bonds is 5. The second kappa shape index (κ2) is 6.95. The minimum atomic E-state index is -0.0699. The topological polar surface area (TPSA) is 69.9 Å². The van der Waals surface area contributed by atoms with Crippen molar-refractivity contribution in [3.8, 4) is 17.0 Å². The molecule has 1 aliphatic carbocycles. The van der Waals surface area contributed by atoms with Crippen molar-refractivity contribution in [2.24, 2.45) is 13.0 Å². The molecule has 3 aromatic rings. The van der Waals surface area contributed by atoms with E-state index in [1.165, 1.54) is 0 Å². The van der Waals surface area contributed by atoms with Gasteiger partial charge < -0.3 is 9.30 Å². The van der Waals surface area contributed by atoms with Gasteiger partial charge in [-0.3, -0.25) is 9.78 Å². The lowest BCUT2D eigenvalue weighted by molar-refractivity contribution is 0.285. The van der Waals surface area contributed by atoms with E-state index in [2.05, 4.69) is 21.0 Å². The van der Waals surface area contributed by atoms with Crippen LogP contribution in [0.15, 0.2) is 47.7 Å². The minimum Gasteiger partial charge on any atom is -0.477 e. The Morgan fingerprint density at radius 1 is 1.22 bits per heavy atom. The Labute approximate surface area is 157 Å². The Morgan fingerprint density at radius 3 is 2.85 bits per heavy atom. The zero-order valence-electron chi connectivity index (χ0n) is 15.7. The van der Waals surface area contributed by atoms with E-state index in [0.29, 0.717) is 30.1 Å². The van der Waals surface area contributed by atoms with Gasteiger partial charge in [0.05, 0.1) is 12.2 Å². The Kier molecular flexibility index (Phi) is 4.48. The highest BCUT2D eigenvalue weighted by Crippen LogP contribution is 2.46. The highest BCUT2D eigenvalue weighted by molar-refractivity contribution is 5.70. The zero-order chi connectivity index (χ0) is 19.0. The van der Waals surface area contributed by atoms with Crippen molar-refractivity contribution < 1.29 is 4.74 Å². The van der Waals surface area contributed by atoms with Crippen LogP contribution in [0.1, 0.15) is 29.4 Å². The number of nitrogens with zero attached hydrogens (tertiary/aromatic N) is 4. The van der Waals surface area contributed by atoms with Crippen LogP contribution in [0.3, 0.4) is 0 Å². The molecule has 3 aromatic heterocycles. The monoisotopic (exact) mass is 362 g/mol. The molecule has 1 saturated carbocycles. The quantitative estimate of drug-likeness (QED) is 0.698. The summed E-state index contributed by atoms with van der Waals surface area (Å²) in [4.78, 5) is 25.3. The molecular weight excluding hydrogens is 340 g/mol.